The van der Waals surface area contributed by atoms with Crippen molar-refractivity contribution >= 4 is 5.82 Å². The maximum Gasteiger partial charge on any atom is 0.126 e. The number of hydrogen-bond donors (Lipinski definition) is 1. The predicted octanol–water partition coefficient (Wildman–Crippen LogP) is 2.15. The summed E-state index contributed by atoms with van der Waals surface area (Å²) in [4.78, 5) is 6.82. The van der Waals surface area contributed by atoms with Gasteiger partial charge in [-0.25, -0.2) is 4.98 Å². The van der Waals surface area contributed by atoms with E-state index in [-0.39, 0.29) is 0 Å². The predicted molar refractivity (Wildman–Crippen MR) is 67.8 cm³/mol. The first-order valence-corrected chi connectivity index (χ1v) is 6.18. The van der Waals surface area contributed by atoms with E-state index in [1.807, 2.05) is 6.20 Å². The van der Waals surface area contributed by atoms with Crippen LogP contribution < -0.4 is 5.32 Å². The second kappa shape index (κ2) is 5.30. The fraction of sp³-hybridized carbons (Fsp3) is 0.615. The summed E-state index contributed by atoms with van der Waals surface area (Å²) < 4.78 is 0. The van der Waals surface area contributed by atoms with Crippen molar-refractivity contribution in [1.29, 1.82) is 0 Å². The molecule has 1 aliphatic heterocycles. The van der Waals surface area contributed by atoms with Crippen molar-refractivity contribution in [1.82, 2.24) is 9.88 Å². The summed E-state index contributed by atoms with van der Waals surface area (Å²) in [7, 11) is 2.19. The topological polar surface area (TPSA) is 28.2 Å². The molecule has 16 heavy (non-hydrogen) atoms. The molecule has 0 unspecified atom stereocenters. The average molecular weight is 219 g/mol. The SMILES string of the molecule is CCc1ccc(NC2CCN(C)CC2)nc1. The van der Waals surface area contributed by atoms with Crippen LogP contribution in [0.3, 0.4) is 0 Å². The Labute approximate surface area is 97.9 Å². The molecule has 0 saturated carbocycles. The molecule has 3 heteroatoms. The van der Waals surface area contributed by atoms with Crippen molar-refractivity contribution in [3.63, 3.8) is 0 Å². The lowest BCUT2D eigenvalue weighted by Crippen LogP contribution is -2.36. The summed E-state index contributed by atoms with van der Waals surface area (Å²) in [6.45, 7) is 4.52. The van der Waals surface area contributed by atoms with Gasteiger partial charge in [0.05, 0.1) is 0 Å². The number of nitrogens with zero attached hydrogens (tertiary/aromatic N) is 2. The van der Waals surface area contributed by atoms with Gasteiger partial charge in [-0.1, -0.05) is 13.0 Å². The van der Waals surface area contributed by atoms with Gasteiger partial charge in [0.1, 0.15) is 5.82 Å². The number of rotatable bonds is 3. The van der Waals surface area contributed by atoms with E-state index in [4.69, 9.17) is 0 Å². The highest BCUT2D eigenvalue weighted by molar-refractivity contribution is 5.36. The highest BCUT2D eigenvalue weighted by Gasteiger charge is 2.16. The lowest BCUT2D eigenvalue weighted by atomic mass is 10.1. The number of nitrogens with one attached hydrogen (secondary N) is 1. The molecule has 88 valence electrons. The second-order valence-corrected chi connectivity index (χ2v) is 4.63. The first-order chi connectivity index (χ1) is 7.78. The van der Waals surface area contributed by atoms with Gasteiger partial charge in [0, 0.05) is 12.2 Å². The van der Waals surface area contributed by atoms with E-state index in [0.717, 1.165) is 12.2 Å². The zero-order valence-corrected chi connectivity index (χ0v) is 10.2. The van der Waals surface area contributed by atoms with E-state index in [9.17, 15) is 0 Å². The fourth-order valence-corrected chi connectivity index (χ4v) is 2.08. The Balaban J connectivity index is 1.88. The van der Waals surface area contributed by atoms with Crippen LogP contribution in [0, 0.1) is 0 Å². The van der Waals surface area contributed by atoms with Crippen LogP contribution in [0.1, 0.15) is 25.3 Å². The van der Waals surface area contributed by atoms with Crippen LogP contribution in [-0.4, -0.2) is 36.1 Å². The molecule has 0 aromatic carbocycles. The van der Waals surface area contributed by atoms with Crippen molar-refractivity contribution in [2.45, 2.75) is 32.2 Å². The third-order valence-electron chi connectivity index (χ3n) is 3.30. The summed E-state index contributed by atoms with van der Waals surface area (Å²) in [6.07, 6.45) is 5.46. The van der Waals surface area contributed by atoms with Crippen molar-refractivity contribution < 1.29 is 0 Å². The van der Waals surface area contributed by atoms with Crippen molar-refractivity contribution in [2.75, 3.05) is 25.5 Å². The van der Waals surface area contributed by atoms with Gasteiger partial charge in [-0.3, -0.25) is 0 Å². The number of hydrogen-bond acceptors (Lipinski definition) is 3. The molecule has 0 spiro atoms. The maximum atomic E-state index is 4.44. The minimum atomic E-state index is 0.594. The molecule has 1 saturated heterocycles. The Bertz CT molecular complexity index is 312. The minimum absolute atomic E-state index is 0.594. The minimum Gasteiger partial charge on any atom is -0.367 e. The molecule has 1 N–H and O–H groups in total. The first kappa shape index (κ1) is 11.4. The second-order valence-electron chi connectivity index (χ2n) is 4.63. The van der Waals surface area contributed by atoms with Gasteiger partial charge in [-0.2, -0.15) is 0 Å². The Hall–Kier alpha value is -1.09. The molecule has 2 heterocycles. The van der Waals surface area contributed by atoms with E-state index in [0.29, 0.717) is 6.04 Å². The van der Waals surface area contributed by atoms with Crippen LogP contribution in [0.15, 0.2) is 18.3 Å². The summed E-state index contributed by atoms with van der Waals surface area (Å²) in [6, 6.07) is 4.85. The number of pyridine rings is 1. The molecule has 1 aliphatic rings. The van der Waals surface area contributed by atoms with Crippen LogP contribution in [0.2, 0.25) is 0 Å². The van der Waals surface area contributed by atoms with Gasteiger partial charge in [-0.15, -0.1) is 0 Å². The molecule has 0 atom stereocenters. The highest BCUT2D eigenvalue weighted by atomic mass is 15.1. The molecule has 1 aromatic heterocycles. The van der Waals surface area contributed by atoms with E-state index in [1.54, 1.807) is 0 Å². The molecule has 0 aliphatic carbocycles. The highest BCUT2D eigenvalue weighted by Crippen LogP contribution is 2.14. The number of piperidine rings is 1. The number of likely N-dealkylation sites (tertiary alicyclic amines) is 1. The lowest BCUT2D eigenvalue weighted by molar-refractivity contribution is 0.263. The smallest absolute Gasteiger partial charge is 0.126 e. The van der Waals surface area contributed by atoms with Gasteiger partial charge < -0.3 is 10.2 Å². The molecule has 0 bridgehead atoms. The Kier molecular flexibility index (Phi) is 3.78. The summed E-state index contributed by atoms with van der Waals surface area (Å²) in [5.41, 5.74) is 1.30. The largest absolute Gasteiger partial charge is 0.367 e. The lowest BCUT2D eigenvalue weighted by Gasteiger charge is -2.29. The summed E-state index contributed by atoms with van der Waals surface area (Å²) >= 11 is 0. The summed E-state index contributed by atoms with van der Waals surface area (Å²) in [5, 5.41) is 3.51. The third-order valence-corrected chi connectivity index (χ3v) is 3.30. The van der Waals surface area contributed by atoms with Gasteiger partial charge in [-0.05, 0) is 51.0 Å². The van der Waals surface area contributed by atoms with Gasteiger partial charge in [0.25, 0.3) is 0 Å². The first-order valence-electron chi connectivity index (χ1n) is 6.18. The van der Waals surface area contributed by atoms with Crippen LogP contribution in [0.4, 0.5) is 5.82 Å². The molecule has 0 radical (unpaired) electrons. The van der Waals surface area contributed by atoms with Crippen molar-refractivity contribution in [3.05, 3.63) is 23.9 Å². The van der Waals surface area contributed by atoms with Crippen LogP contribution >= 0.6 is 0 Å². The number of anilines is 1. The monoisotopic (exact) mass is 219 g/mol. The zero-order valence-electron chi connectivity index (χ0n) is 10.2. The van der Waals surface area contributed by atoms with Crippen LogP contribution in [-0.2, 0) is 6.42 Å². The quantitative estimate of drug-likeness (QED) is 0.844. The van der Waals surface area contributed by atoms with Gasteiger partial charge in [0.2, 0.25) is 0 Å². The van der Waals surface area contributed by atoms with E-state index >= 15 is 0 Å². The molecular weight excluding hydrogens is 198 g/mol. The maximum absolute atomic E-state index is 4.44. The molecule has 2 rings (SSSR count). The Morgan fingerprint density at radius 3 is 2.69 bits per heavy atom. The molecule has 3 nitrogen and oxygen atoms in total. The van der Waals surface area contributed by atoms with Crippen molar-refractivity contribution in [2.24, 2.45) is 0 Å². The fourth-order valence-electron chi connectivity index (χ4n) is 2.08. The molecular formula is C13H21N3. The third kappa shape index (κ3) is 2.95. The molecule has 1 aromatic rings. The summed E-state index contributed by atoms with van der Waals surface area (Å²) in [5.74, 6) is 1.02. The van der Waals surface area contributed by atoms with Gasteiger partial charge in [0.15, 0.2) is 0 Å². The number of aromatic nitrogens is 1. The normalized spacial score (nSPS) is 18.6. The standard InChI is InChI=1S/C13H21N3/c1-3-11-4-5-13(14-10-11)15-12-6-8-16(2)9-7-12/h4-5,10,12H,3,6-9H2,1-2H3,(H,14,15). The van der Waals surface area contributed by atoms with Crippen LogP contribution in [0.25, 0.3) is 0 Å². The van der Waals surface area contributed by atoms with Crippen LogP contribution in [0.5, 0.6) is 0 Å². The number of aryl methyl sites for hydroxylation is 1. The van der Waals surface area contributed by atoms with Crippen molar-refractivity contribution in [3.8, 4) is 0 Å². The van der Waals surface area contributed by atoms with E-state index in [2.05, 4.69) is 41.3 Å². The zero-order chi connectivity index (χ0) is 11.4. The Morgan fingerprint density at radius 1 is 1.38 bits per heavy atom. The van der Waals surface area contributed by atoms with Gasteiger partial charge >= 0.3 is 0 Å². The average Bonchev–Trinajstić information content (AvgIpc) is 2.33. The molecule has 1 fully saturated rings. The van der Waals surface area contributed by atoms with E-state index in [1.165, 1.54) is 31.5 Å². The van der Waals surface area contributed by atoms with E-state index < -0.39 is 0 Å². The Morgan fingerprint density at radius 2 is 2.12 bits per heavy atom. The molecule has 0 amide bonds.